The van der Waals surface area contributed by atoms with E-state index in [4.69, 9.17) is 5.11 Å². The van der Waals surface area contributed by atoms with Gasteiger partial charge >= 0.3 is 11.9 Å². The molecule has 1 rings (SSSR count). The molecule has 0 aliphatic carbocycles. The van der Waals surface area contributed by atoms with E-state index in [-0.39, 0.29) is 24.9 Å². The van der Waals surface area contributed by atoms with E-state index in [0.717, 1.165) is 6.42 Å². The number of carboxylic acid groups (broad SMARTS) is 1. The van der Waals surface area contributed by atoms with Crippen molar-refractivity contribution in [1.29, 1.82) is 0 Å². The fourth-order valence-electron chi connectivity index (χ4n) is 1.53. The van der Waals surface area contributed by atoms with Crippen LogP contribution in [0.25, 0.3) is 0 Å². The number of esters is 1. The van der Waals surface area contributed by atoms with Gasteiger partial charge < -0.3 is 9.84 Å². The lowest BCUT2D eigenvalue weighted by Gasteiger charge is -2.18. The second-order valence-corrected chi connectivity index (χ2v) is 3.04. The van der Waals surface area contributed by atoms with Crippen LogP contribution >= 0.6 is 12.4 Å². The first-order valence-electron chi connectivity index (χ1n) is 4.19. The third kappa shape index (κ3) is 3.16. The molecule has 0 radical (unpaired) electrons. The van der Waals surface area contributed by atoms with Crippen LogP contribution in [0.3, 0.4) is 0 Å². The number of likely N-dealkylation sites (tertiary alicyclic amines) is 1. The Morgan fingerprint density at radius 3 is 2.71 bits per heavy atom. The third-order valence-electron chi connectivity index (χ3n) is 2.21. The summed E-state index contributed by atoms with van der Waals surface area (Å²) in [4.78, 5) is 23.2. The quantitative estimate of drug-likeness (QED) is 0.689. The van der Waals surface area contributed by atoms with E-state index in [2.05, 4.69) is 4.74 Å². The highest BCUT2D eigenvalue weighted by Crippen LogP contribution is 2.16. The molecule has 0 amide bonds. The minimum Gasteiger partial charge on any atom is -0.480 e. The van der Waals surface area contributed by atoms with Gasteiger partial charge in [-0.05, 0) is 19.4 Å². The number of hydrogen-bond donors (Lipinski definition) is 1. The molecule has 0 spiro atoms. The maximum absolute atomic E-state index is 10.9. The number of nitrogens with zero attached hydrogens (tertiary/aromatic N) is 1. The fraction of sp³-hybridized carbons (Fsp3) is 0.750. The number of carbonyl (C=O) groups is 2. The molecular formula is C8H14ClNO4. The van der Waals surface area contributed by atoms with Crippen molar-refractivity contribution in [3.63, 3.8) is 0 Å². The summed E-state index contributed by atoms with van der Waals surface area (Å²) in [6, 6.07) is -0.515. The van der Waals surface area contributed by atoms with Gasteiger partial charge in [0.25, 0.3) is 0 Å². The molecular weight excluding hydrogens is 210 g/mol. The van der Waals surface area contributed by atoms with E-state index in [1.54, 1.807) is 4.90 Å². The lowest BCUT2D eigenvalue weighted by atomic mass is 10.2. The normalized spacial score (nSPS) is 21.4. The Morgan fingerprint density at radius 1 is 1.57 bits per heavy atom. The molecule has 14 heavy (non-hydrogen) atoms. The molecule has 5 nitrogen and oxygen atoms in total. The molecule has 0 saturated carbocycles. The summed E-state index contributed by atoms with van der Waals surface area (Å²) < 4.78 is 4.47. The maximum Gasteiger partial charge on any atom is 0.320 e. The fourth-order valence-corrected chi connectivity index (χ4v) is 1.53. The van der Waals surface area contributed by atoms with Gasteiger partial charge in [-0.2, -0.15) is 0 Å². The van der Waals surface area contributed by atoms with Crippen LogP contribution in [0.1, 0.15) is 12.8 Å². The van der Waals surface area contributed by atoms with Crippen molar-refractivity contribution in [2.45, 2.75) is 18.9 Å². The lowest BCUT2D eigenvalue weighted by molar-refractivity contribution is -0.146. The lowest BCUT2D eigenvalue weighted by Crippen LogP contribution is -2.39. The van der Waals surface area contributed by atoms with Crippen molar-refractivity contribution >= 4 is 24.3 Å². The molecule has 1 aliphatic rings. The molecule has 1 atom stereocenters. The topological polar surface area (TPSA) is 66.8 Å². The van der Waals surface area contributed by atoms with Crippen molar-refractivity contribution in [2.24, 2.45) is 0 Å². The Bertz CT molecular complexity index is 221. The zero-order valence-corrected chi connectivity index (χ0v) is 8.75. The van der Waals surface area contributed by atoms with E-state index >= 15 is 0 Å². The summed E-state index contributed by atoms with van der Waals surface area (Å²) >= 11 is 0. The van der Waals surface area contributed by atoms with Crippen LogP contribution in [0.5, 0.6) is 0 Å². The number of halogens is 1. The second-order valence-electron chi connectivity index (χ2n) is 3.04. The Balaban J connectivity index is 0.00000169. The zero-order chi connectivity index (χ0) is 9.84. The number of aliphatic carboxylic acids is 1. The first-order valence-corrected chi connectivity index (χ1v) is 4.19. The van der Waals surface area contributed by atoms with Gasteiger partial charge in [0.2, 0.25) is 0 Å². The highest BCUT2D eigenvalue weighted by molar-refractivity contribution is 5.85. The zero-order valence-electron chi connectivity index (χ0n) is 7.93. The third-order valence-corrected chi connectivity index (χ3v) is 2.21. The van der Waals surface area contributed by atoms with Gasteiger partial charge in [0, 0.05) is 0 Å². The van der Waals surface area contributed by atoms with E-state index in [1.807, 2.05) is 0 Å². The molecule has 0 aromatic carbocycles. The average molecular weight is 224 g/mol. The van der Waals surface area contributed by atoms with Gasteiger partial charge in [0.1, 0.15) is 6.04 Å². The van der Waals surface area contributed by atoms with Crippen LogP contribution < -0.4 is 0 Å². The summed E-state index contributed by atoms with van der Waals surface area (Å²) in [6.45, 7) is 0.736. The molecule has 1 heterocycles. The average Bonchev–Trinajstić information content (AvgIpc) is 2.52. The van der Waals surface area contributed by atoms with Gasteiger partial charge in [-0.15, -0.1) is 12.4 Å². The number of carbonyl (C=O) groups excluding carboxylic acids is 1. The first kappa shape index (κ1) is 13.2. The van der Waals surface area contributed by atoms with Crippen LogP contribution in [0.15, 0.2) is 0 Å². The van der Waals surface area contributed by atoms with E-state index in [1.165, 1.54) is 7.11 Å². The van der Waals surface area contributed by atoms with Crippen LogP contribution in [-0.4, -0.2) is 48.2 Å². The number of methoxy groups -OCH3 is 1. The molecule has 0 bridgehead atoms. The van der Waals surface area contributed by atoms with Gasteiger partial charge in [-0.25, -0.2) is 0 Å². The van der Waals surface area contributed by atoms with Gasteiger partial charge in [-0.3, -0.25) is 14.5 Å². The Labute approximate surface area is 88.4 Å². The minimum atomic E-state index is -0.860. The Morgan fingerprint density at radius 2 is 2.21 bits per heavy atom. The summed E-state index contributed by atoms with van der Waals surface area (Å²) in [7, 11) is 1.30. The molecule has 1 saturated heterocycles. The predicted octanol–water partition coefficient (Wildman–Crippen LogP) is 0.130. The van der Waals surface area contributed by atoms with Gasteiger partial charge in [0.05, 0.1) is 13.7 Å². The standard InChI is InChI=1S/C8H13NO4.ClH/c1-13-7(10)5-9-4-2-3-6(9)8(11)12;/h6H,2-5H2,1H3,(H,11,12);1H/t6-;/m0./s1. The monoisotopic (exact) mass is 223 g/mol. The van der Waals surface area contributed by atoms with Crippen molar-refractivity contribution in [3.8, 4) is 0 Å². The van der Waals surface area contributed by atoms with Crippen LogP contribution in [-0.2, 0) is 14.3 Å². The number of rotatable bonds is 3. The molecule has 0 unspecified atom stereocenters. The molecule has 0 aromatic heterocycles. The Kier molecular flexibility index (Phi) is 5.49. The SMILES string of the molecule is COC(=O)CN1CCC[C@H]1C(=O)O.Cl. The summed E-state index contributed by atoms with van der Waals surface area (Å²) in [5.41, 5.74) is 0. The molecule has 1 fully saturated rings. The van der Waals surface area contributed by atoms with Crippen molar-refractivity contribution in [1.82, 2.24) is 4.90 Å². The molecule has 0 aromatic rings. The maximum atomic E-state index is 10.9. The second kappa shape index (κ2) is 5.82. The highest BCUT2D eigenvalue weighted by Gasteiger charge is 2.31. The number of ether oxygens (including phenoxy) is 1. The van der Waals surface area contributed by atoms with Crippen molar-refractivity contribution < 1.29 is 19.4 Å². The molecule has 6 heteroatoms. The largest absolute Gasteiger partial charge is 0.480 e. The Hall–Kier alpha value is -0.810. The highest BCUT2D eigenvalue weighted by atomic mass is 35.5. The minimum absolute atomic E-state index is 0. The van der Waals surface area contributed by atoms with Crippen LogP contribution in [0.4, 0.5) is 0 Å². The molecule has 1 aliphatic heterocycles. The summed E-state index contributed by atoms with van der Waals surface area (Å²) in [5, 5.41) is 8.78. The van der Waals surface area contributed by atoms with E-state index in [9.17, 15) is 9.59 Å². The summed E-state index contributed by atoms with van der Waals surface area (Å²) in [5.74, 6) is -1.24. The van der Waals surface area contributed by atoms with Gasteiger partial charge in [0.15, 0.2) is 0 Å². The van der Waals surface area contributed by atoms with E-state index in [0.29, 0.717) is 13.0 Å². The molecule has 1 N–H and O–H groups in total. The van der Waals surface area contributed by atoms with Crippen LogP contribution in [0, 0.1) is 0 Å². The van der Waals surface area contributed by atoms with Crippen molar-refractivity contribution in [3.05, 3.63) is 0 Å². The smallest absolute Gasteiger partial charge is 0.320 e. The van der Waals surface area contributed by atoms with Crippen molar-refractivity contribution in [2.75, 3.05) is 20.2 Å². The molecule has 82 valence electrons. The van der Waals surface area contributed by atoms with Crippen LogP contribution in [0.2, 0.25) is 0 Å². The predicted molar refractivity (Wildman–Crippen MR) is 51.5 cm³/mol. The number of hydrogen-bond acceptors (Lipinski definition) is 4. The number of carboxylic acids is 1. The van der Waals surface area contributed by atoms with Gasteiger partial charge in [-0.1, -0.05) is 0 Å². The summed E-state index contributed by atoms with van der Waals surface area (Å²) in [6.07, 6.45) is 1.44. The van der Waals surface area contributed by atoms with E-state index < -0.39 is 12.0 Å². The first-order chi connectivity index (χ1) is 6.15.